The fourth-order valence-electron chi connectivity index (χ4n) is 4.68. The summed E-state index contributed by atoms with van der Waals surface area (Å²) in [5, 5.41) is 11.6. The molecule has 4 rings (SSSR count). The van der Waals surface area contributed by atoms with Crippen LogP contribution >= 0.6 is 11.6 Å². The third-order valence-corrected chi connectivity index (χ3v) is 7.19. The number of pyridine rings is 1. The van der Waals surface area contributed by atoms with Crippen LogP contribution in [-0.2, 0) is 11.2 Å². The van der Waals surface area contributed by atoms with Gasteiger partial charge in [0.1, 0.15) is 11.6 Å². The van der Waals surface area contributed by atoms with Crippen molar-refractivity contribution in [3.05, 3.63) is 70.6 Å². The topological polar surface area (TPSA) is 62.7 Å². The Kier molecular flexibility index (Phi) is 7.90. The summed E-state index contributed by atoms with van der Waals surface area (Å²) >= 11 is 6.48. The first-order chi connectivity index (χ1) is 16.9. The molecule has 1 aliphatic heterocycles. The summed E-state index contributed by atoms with van der Waals surface area (Å²) in [5.41, 5.74) is 1.84. The molecule has 1 fully saturated rings. The molecular weight excluding hydrogens is 467 g/mol. The van der Waals surface area contributed by atoms with E-state index in [-0.39, 0.29) is 5.82 Å². The molecule has 0 unspecified atom stereocenters. The van der Waals surface area contributed by atoms with E-state index in [1.165, 1.54) is 12.1 Å². The van der Waals surface area contributed by atoms with Gasteiger partial charge in [-0.2, -0.15) is 0 Å². The number of carbonyl (C=O) groups is 1. The maximum Gasteiger partial charge on any atom is 0.309 e. The molecule has 3 aromatic rings. The normalized spacial score (nSPS) is 15.4. The largest absolute Gasteiger partial charge is 0.497 e. The lowest BCUT2D eigenvalue weighted by atomic mass is 9.74. The van der Waals surface area contributed by atoms with Crippen molar-refractivity contribution in [3.8, 4) is 17.6 Å². The van der Waals surface area contributed by atoms with E-state index < -0.39 is 11.4 Å². The van der Waals surface area contributed by atoms with Crippen LogP contribution < -0.4 is 4.74 Å². The van der Waals surface area contributed by atoms with Crippen LogP contribution in [0.15, 0.2) is 48.7 Å². The average Bonchev–Trinajstić information content (AvgIpc) is 2.87. The smallest absolute Gasteiger partial charge is 0.309 e. The number of carboxylic acids is 1. The van der Waals surface area contributed by atoms with Crippen LogP contribution in [0, 0.1) is 23.1 Å². The summed E-state index contributed by atoms with van der Waals surface area (Å²) in [4.78, 5) is 18.9. The molecule has 0 aliphatic carbocycles. The van der Waals surface area contributed by atoms with Gasteiger partial charge in [-0.05, 0) is 80.1 Å². The Bertz CT molecular complexity index is 1260. The number of benzene rings is 2. The number of ether oxygens (including phenoxy) is 1. The lowest BCUT2D eigenvalue weighted by Crippen LogP contribution is -2.44. The van der Waals surface area contributed by atoms with E-state index in [4.69, 9.17) is 16.3 Å². The number of aliphatic carboxylic acids is 1. The number of likely N-dealkylation sites (tertiary alicyclic amines) is 1. The molecule has 5 nitrogen and oxygen atoms in total. The second-order valence-corrected chi connectivity index (χ2v) is 9.40. The van der Waals surface area contributed by atoms with Crippen molar-refractivity contribution in [2.45, 2.75) is 32.1 Å². The van der Waals surface area contributed by atoms with Crippen molar-refractivity contribution in [1.82, 2.24) is 9.88 Å². The minimum atomic E-state index is -0.742. The third kappa shape index (κ3) is 5.93. The molecular formula is C28H28ClFN2O3. The molecule has 2 aromatic carbocycles. The Balaban J connectivity index is 1.37. The van der Waals surface area contributed by atoms with Crippen molar-refractivity contribution in [2.75, 3.05) is 26.7 Å². The van der Waals surface area contributed by atoms with Crippen LogP contribution in [0.2, 0.25) is 5.02 Å². The number of hydrogen-bond acceptors (Lipinski definition) is 4. The highest BCUT2D eigenvalue weighted by molar-refractivity contribution is 6.32. The molecule has 1 aliphatic rings. The highest BCUT2D eigenvalue weighted by Crippen LogP contribution is 2.38. The zero-order valence-electron chi connectivity index (χ0n) is 19.7. The number of methoxy groups -OCH3 is 1. The Labute approximate surface area is 209 Å². The van der Waals surface area contributed by atoms with E-state index in [9.17, 15) is 14.3 Å². The molecule has 0 atom stereocenters. The van der Waals surface area contributed by atoms with Gasteiger partial charge in [-0.3, -0.25) is 14.7 Å². The molecule has 0 radical (unpaired) electrons. The minimum Gasteiger partial charge on any atom is -0.497 e. The molecule has 1 aromatic heterocycles. The number of aromatic nitrogens is 1. The molecule has 0 amide bonds. The zero-order chi connectivity index (χ0) is 24.8. The summed E-state index contributed by atoms with van der Waals surface area (Å²) < 4.78 is 18.4. The number of nitrogens with zero attached hydrogens (tertiary/aromatic N) is 2. The van der Waals surface area contributed by atoms with Crippen molar-refractivity contribution in [2.24, 2.45) is 5.41 Å². The first kappa shape index (κ1) is 25.0. The Morgan fingerprint density at radius 1 is 1.23 bits per heavy atom. The summed E-state index contributed by atoms with van der Waals surface area (Å²) in [6.45, 7) is 1.93. The number of rotatable bonds is 7. The van der Waals surface area contributed by atoms with Crippen molar-refractivity contribution < 1.29 is 19.0 Å². The predicted molar refractivity (Wildman–Crippen MR) is 135 cm³/mol. The quantitative estimate of drug-likeness (QED) is 0.435. The standard InChI is InChI=1S/C28H28ClFN2O3/c1-35-22-10-11-26-24(18-22)23(25(29)19-31-26)5-2-12-28(27(33)34)13-16-32(17-14-28)15-3-4-20-6-8-21(30)9-7-20/h6-11,18-19H,2,5,12-17H2,1H3,(H,33,34). The maximum atomic E-state index is 13.0. The van der Waals surface area contributed by atoms with Gasteiger partial charge in [0.2, 0.25) is 0 Å². The van der Waals surface area contributed by atoms with Gasteiger partial charge in [-0.1, -0.05) is 23.4 Å². The van der Waals surface area contributed by atoms with Crippen LogP contribution in [0.5, 0.6) is 5.75 Å². The van der Waals surface area contributed by atoms with Gasteiger partial charge >= 0.3 is 5.97 Å². The zero-order valence-corrected chi connectivity index (χ0v) is 20.4. The SMILES string of the molecule is COc1ccc2ncc(Cl)c(CCCC3(C(=O)O)CCN(CC#Cc4ccc(F)cc4)CC3)c2c1. The number of fused-ring (bicyclic) bond motifs is 1. The first-order valence-corrected chi connectivity index (χ1v) is 12.1. The highest BCUT2D eigenvalue weighted by atomic mass is 35.5. The van der Waals surface area contributed by atoms with E-state index in [0.717, 1.165) is 27.8 Å². The van der Waals surface area contributed by atoms with Crippen LogP contribution in [0.25, 0.3) is 10.9 Å². The van der Waals surface area contributed by atoms with Gasteiger partial charge in [-0.25, -0.2) is 4.39 Å². The molecule has 0 saturated carbocycles. The Morgan fingerprint density at radius 3 is 2.66 bits per heavy atom. The molecule has 35 heavy (non-hydrogen) atoms. The highest BCUT2D eigenvalue weighted by Gasteiger charge is 2.40. The Morgan fingerprint density at radius 2 is 1.97 bits per heavy atom. The number of aryl methyl sites for hydroxylation is 1. The molecule has 0 bridgehead atoms. The van der Waals surface area contributed by atoms with Crippen LogP contribution in [0.3, 0.4) is 0 Å². The van der Waals surface area contributed by atoms with Crippen LogP contribution in [0.4, 0.5) is 4.39 Å². The van der Waals surface area contributed by atoms with Crippen molar-refractivity contribution in [1.29, 1.82) is 0 Å². The summed E-state index contributed by atoms with van der Waals surface area (Å²) in [5.74, 6) is 5.88. The molecule has 1 N–H and O–H groups in total. The third-order valence-electron chi connectivity index (χ3n) is 6.86. The summed E-state index contributed by atoms with van der Waals surface area (Å²) in [6.07, 6.45) is 4.80. The minimum absolute atomic E-state index is 0.282. The van der Waals surface area contributed by atoms with Crippen molar-refractivity contribution in [3.63, 3.8) is 0 Å². The fraction of sp³-hybridized carbons (Fsp3) is 0.357. The number of carboxylic acid groups (broad SMARTS) is 1. The van der Waals surface area contributed by atoms with E-state index in [1.807, 2.05) is 18.2 Å². The number of piperidine rings is 1. The average molecular weight is 495 g/mol. The van der Waals surface area contributed by atoms with Crippen LogP contribution in [0.1, 0.15) is 36.8 Å². The monoisotopic (exact) mass is 494 g/mol. The Hall–Kier alpha value is -3.14. The van der Waals surface area contributed by atoms with E-state index in [2.05, 4.69) is 21.7 Å². The predicted octanol–water partition coefficient (Wildman–Crippen LogP) is 5.58. The number of hydrogen-bond donors (Lipinski definition) is 1. The van der Waals surface area contributed by atoms with Gasteiger partial charge in [0.15, 0.2) is 0 Å². The molecule has 0 spiro atoms. The number of halogens is 2. The summed E-state index contributed by atoms with van der Waals surface area (Å²) in [7, 11) is 1.62. The van der Waals surface area contributed by atoms with Crippen LogP contribution in [-0.4, -0.2) is 47.7 Å². The lowest BCUT2D eigenvalue weighted by Gasteiger charge is -2.38. The van der Waals surface area contributed by atoms with Crippen molar-refractivity contribution >= 4 is 28.5 Å². The summed E-state index contributed by atoms with van der Waals surface area (Å²) in [6, 6.07) is 11.8. The van der Waals surface area contributed by atoms with E-state index >= 15 is 0 Å². The van der Waals surface area contributed by atoms with E-state index in [1.54, 1.807) is 25.4 Å². The first-order valence-electron chi connectivity index (χ1n) is 11.7. The molecule has 1 saturated heterocycles. The van der Waals surface area contributed by atoms with Gasteiger partial charge in [0.05, 0.1) is 29.6 Å². The van der Waals surface area contributed by atoms with E-state index in [0.29, 0.717) is 56.8 Å². The molecule has 7 heteroatoms. The maximum absolute atomic E-state index is 13.0. The van der Waals surface area contributed by atoms with Gasteiger partial charge in [0, 0.05) is 30.2 Å². The second-order valence-electron chi connectivity index (χ2n) is 8.99. The van der Waals surface area contributed by atoms with Gasteiger partial charge < -0.3 is 9.84 Å². The molecule has 2 heterocycles. The fourth-order valence-corrected chi connectivity index (χ4v) is 4.93. The lowest BCUT2D eigenvalue weighted by molar-refractivity contribution is -0.152. The van der Waals surface area contributed by atoms with Gasteiger partial charge in [0.25, 0.3) is 0 Å². The second kappa shape index (κ2) is 11.1. The van der Waals surface area contributed by atoms with Gasteiger partial charge in [-0.15, -0.1) is 0 Å². The molecule has 182 valence electrons.